The third-order valence-corrected chi connectivity index (χ3v) is 9.89. The molecule has 10 nitrogen and oxygen atoms in total. The second kappa shape index (κ2) is 9.40. The standard InChI is InChI=1S/C31H39N5O5/c1-4-8-23-28(38)35-13-7-11-25(35)31(40)36(23)29(39)30(41-31,12-5-2)33-27(37)19-14-21-20-9-6-10-22-26(20)18(16-32-22)15-24(21)34(3)17-19/h6,9-10,14,16,19,23-25,32,40H,4-5,7-8,11-13,15,17H2,1-3H3,(H,33,37). The number of amides is 3. The Balaban J connectivity index is 1.23. The molecule has 6 atom stereocenters. The molecule has 218 valence electrons. The molecule has 41 heavy (non-hydrogen) atoms. The number of carbonyl (C=O) groups is 3. The Morgan fingerprint density at radius 3 is 2.85 bits per heavy atom. The van der Waals surface area contributed by atoms with Crippen LogP contribution in [0, 0.1) is 5.92 Å². The molecule has 5 aliphatic rings. The van der Waals surface area contributed by atoms with Crippen LogP contribution in [0.1, 0.15) is 63.5 Å². The van der Waals surface area contributed by atoms with E-state index in [1.54, 1.807) is 4.90 Å². The van der Waals surface area contributed by atoms with Crippen LogP contribution in [0.3, 0.4) is 0 Å². The van der Waals surface area contributed by atoms with Crippen molar-refractivity contribution in [3.63, 3.8) is 0 Å². The Morgan fingerprint density at radius 2 is 2.07 bits per heavy atom. The van der Waals surface area contributed by atoms with E-state index in [0.29, 0.717) is 38.8 Å². The van der Waals surface area contributed by atoms with E-state index in [1.807, 2.05) is 33.0 Å². The number of hydrogen-bond acceptors (Lipinski definition) is 6. The summed E-state index contributed by atoms with van der Waals surface area (Å²) < 4.78 is 6.38. The molecule has 0 spiro atoms. The monoisotopic (exact) mass is 561 g/mol. The summed E-state index contributed by atoms with van der Waals surface area (Å²) in [5.74, 6) is -3.48. The highest BCUT2D eigenvalue weighted by molar-refractivity contribution is 6.01. The molecule has 0 radical (unpaired) electrons. The zero-order chi connectivity index (χ0) is 28.7. The SMILES string of the molecule is CCCC1C(=O)N2CCCC2C2(O)OC(CCC)(NC(=O)C3C=C4c5cccc6[nH]cc(c56)CC4N(C)C3)C(=O)N12. The first-order valence-electron chi connectivity index (χ1n) is 15.1. The summed E-state index contributed by atoms with van der Waals surface area (Å²) >= 11 is 0. The van der Waals surface area contributed by atoms with Gasteiger partial charge in [0, 0.05) is 42.7 Å². The Morgan fingerprint density at radius 1 is 1.24 bits per heavy atom. The summed E-state index contributed by atoms with van der Waals surface area (Å²) in [4.78, 5) is 50.3. The number of aromatic amines is 1. The van der Waals surface area contributed by atoms with Gasteiger partial charge in [-0.25, -0.2) is 0 Å². The lowest BCUT2D eigenvalue weighted by Crippen LogP contribution is -2.71. The number of nitrogens with zero attached hydrogens (tertiary/aromatic N) is 3. The minimum atomic E-state index is -1.97. The van der Waals surface area contributed by atoms with Crippen molar-refractivity contribution in [1.82, 2.24) is 25.0 Å². The first kappa shape index (κ1) is 26.7. The highest BCUT2D eigenvalue weighted by atomic mass is 16.7. The third-order valence-electron chi connectivity index (χ3n) is 9.89. The summed E-state index contributed by atoms with van der Waals surface area (Å²) in [5.41, 5.74) is 2.87. The van der Waals surface area contributed by atoms with Crippen molar-refractivity contribution in [2.75, 3.05) is 20.1 Å². The van der Waals surface area contributed by atoms with Crippen LogP contribution in [0.4, 0.5) is 0 Å². The second-order valence-corrected chi connectivity index (χ2v) is 12.4. The van der Waals surface area contributed by atoms with E-state index in [1.165, 1.54) is 15.8 Å². The second-order valence-electron chi connectivity index (χ2n) is 12.4. The van der Waals surface area contributed by atoms with Gasteiger partial charge in [0.2, 0.25) is 17.5 Å². The molecule has 3 saturated heterocycles. The van der Waals surface area contributed by atoms with Gasteiger partial charge in [-0.1, -0.05) is 44.9 Å². The number of hydrogen-bond donors (Lipinski definition) is 3. The maximum atomic E-state index is 14.2. The third kappa shape index (κ3) is 3.69. The molecular weight excluding hydrogens is 522 g/mol. The Bertz CT molecular complexity index is 1470. The number of fused-ring (bicyclic) bond motifs is 5. The van der Waals surface area contributed by atoms with E-state index in [0.717, 1.165) is 29.5 Å². The molecule has 4 aliphatic heterocycles. The predicted molar refractivity (Wildman–Crippen MR) is 152 cm³/mol. The van der Waals surface area contributed by atoms with E-state index in [4.69, 9.17) is 4.74 Å². The van der Waals surface area contributed by atoms with Gasteiger partial charge < -0.3 is 20.3 Å². The van der Waals surface area contributed by atoms with Crippen LogP contribution in [0.5, 0.6) is 0 Å². The summed E-state index contributed by atoms with van der Waals surface area (Å²) in [7, 11) is 2.04. The minimum absolute atomic E-state index is 0.144. The van der Waals surface area contributed by atoms with Crippen LogP contribution in [0.15, 0.2) is 30.5 Å². The molecule has 5 heterocycles. The van der Waals surface area contributed by atoms with Crippen LogP contribution in [0.2, 0.25) is 0 Å². The Kier molecular flexibility index (Phi) is 6.12. The molecule has 1 aromatic heterocycles. The largest absolute Gasteiger partial charge is 0.361 e. The molecule has 3 fully saturated rings. The van der Waals surface area contributed by atoms with Gasteiger partial charge in [-0.15, -0.1) is 0 Å². The number of benzene rings is 1. The number of nitrogens with one attached hydrogen (secondary N) is 2. The predicted octanol–water partition coefficient (Wildman–Crippen LogP) is 2.33. The fourth-order valence-electron chi connectivity index (χ4n) is 8.09. The van der Waals surface area contributed by atoms with E-state index in [9.17, 15) is 19.5 Å². The summed E-state index contributed by atoms with van der Waals surface area (Å²) in [5, 5.41) is 16.2. The van der Waals surface area contributed by atoms with E-state index < -0.39 is 35.5 Å². The molecule has 6 unspecified atom stereocenters. The number of H-pyrrole nitrogens is 1. The minimum Gasteiger partial charge on any atom is -0.361 e. The summed E-state index contributed by atoms with van der Waals surface area (Å²) in [6.45, 7) is 4.89. The summed E-state index contributed by atoms with van der Waals surface area (Å²) in [6, 6.07) is 4.90. The van der Waals surface area contributed by atoms with Crippen LogP contribution >= 0.6 is 0 Å². The van der Waals surface area contributed by atoms with Crippen LogP contribution in [0.25, 0.3) is 16.5 Å². The molecule has 1 aliphatic carbocycles. The van der Waals surface area contributed by atoms with Crippen molar-refractivity contribution >= 4 is 34.2 Å². The average Bonchev–Trinajstić information content (AvgIpc) is 3.66. The van der Waals surface area contributed by atoms with Crippen LogP contribution in [-0.4, -0.2) is 92.4 Å². The molecule has 3 N–H and O–H groups in total. The van der Waals surface area contributed by atoms with Crippen LogP contribution < -0.4 is 5.32 Å². The number of carbonyl (C=O) groups excluding carboxylic acids is 3. The van der Waals surface area contributed by atoms with Gasteiger partial charge in [-0.05, 0) is 55.5 Å². The maximum Gasteiger partial charge on any atom is 0.281 e. The Labute approximate surface area is 239 Å². The molecule has 7 rings (SSSR count). The van der Waals surface area contributed by atoms with Gasteiger partial charge >= 0.3 is 0 Å². The first-order valence-corrected chi connectivity index (χ1v) is 15.1. The highest BCUT2D eigenvalue weighted by Gasteiger charge is 2.70. The number of ether oxygens (including phenoxy) is 1. The number of rotatable bonds is 6. The molecule has 2 aromatic rings. The first-order chi connectivity index (χ1) is 19.7. The lowest BCUT2D eigenvalue weighted by Gasteiger charge is -2.48. The fourth-order valence-corrected chi connectivity index (χ4v) is 8.09. The van der Waals surface area contributed by atoms with Gasteiger partial charge in [-0.3, -0.25) is 28.9 Å². The van der Waals surface area contributed by atoms with Crippen LogP contribution in [-0.2, 0) is 25.5 Å². The lowest BCUT2D eigenvalue weighted by atomic mass is 9.79. The van der Waals surface area contributed by atoms with Gasteiger partial charge in [0.05, 0.1) is 5.92 Å². The van der Waals surface area contributed by atoms with Gasteiger partial charge in [0.25, 0.3) is 11.8 Å². The molecule has 0 saturated carbocycles. The molecule has 10 heteroatoms. The van der Waals surface area contributed by atoms with Gasteiger partial charge in [0.15, 0.2) is 0 Å². The molecule has 1 aromatic carbocycles. The van der Waals surface area contributed by atoms with Crippen molar-refractivity contribution < 1.29 is 24.2 Å². The van der Waals surface area contributed by atoms with Crippen molar-refractivity contribution in [3.05, 3.63) is 41.6 Å². The van der Waals surface area contributed by atoms with Gasteiger partial charge in [0.1, 0.15) is 12.1 Å². The van der Waals surface area contributed by atoms with E-state index in [-0.39, 0.29) is 24.3 Å². The maximum absolute atomic E-state index is 14.2. The number of aliphatic hydroxyl groups is 1. The molecule has 0 bridgehead atoms. The number of aromatic nitrogens is 1. The smallest absolute Gasteiger partial charge is 0.281 e. The zero-order valence-electron chi connectivity index (χ0n) is 24.0. The van der Waals surface area contributed by atoms with Gasteiger partial charge in [-0.2, -0.15) is 0 Å². The molecule has 3 amide bonds. The molecular formula is C31H39N5O5. The Hall–Kier alpha value is -3.21. The number of likely N-dealkylation sites (N-methyl/N-ethyl adjacent to an activating group) is 1. The van der Waals surface area contributed by atoms with Crippen molar-refractivity contribution in [1.29, 1.82) is 0 Å². The van der Waals surface area contributed by atoms with Crippen molar-refractivity contribution in [2.45, 2.75) is 88.6 Å². The number of piperazine rings is 1. The average molecular weight is 562 g/mol. The topological polar surface area (TPSA) is 118 Å². The van der Waals surface area contributed by atoms with Crippen molar-refractivity contribution in [3.8, 4) is 0 Å². The normalized spacial score (nSPS) is 34.5. The quantitative estimate of drug-likeness (QED) is 0.498. The van der Waals surface area contributed by atoms with E-state index in [2.05, 4.69) is 33.5 Å². The fraction of sp³-hybridized carbons (Fsp3) is 0.581. The zero-order valence-corrected chi connectivity index (χ0v) is 24.0. The summed E-state index contributed by atoms with van der Waals surface area (Å²) in [6.07, 6.45) is 8.09. The lowest BCUT2D eigenvalue weighted by molar-refractivity contribution is -0.318. The van der Waals surface area contributed by atoms with Crippen molar-refractivity contribution in [2.24, 2.45) is 5.92 Å². The van der Waals surface area contributed by atoms with E-state index >= 15 is 0 Å². The highest BCUT2D eigenvalue weighted by Crippen LogP contribution is 2.47.